The second-order valence-corrected chi connectivity index (χ2v) is 5.91. The van der Waals surface area contributed by atoms with Crippen molar-refractivity contribution < 1.29 is 0 Å². The van der Waals surface area contributed by atoms with E-state index in [4.69, 9.17) is 0 Å². The predicted molar refractivity (Wildman–Crippen MR) is 110 cm³/mol. The third-order valence-corrected chi connectivity index (χ3v) is 4.04. The maximum atomic E-state index is 4.62. The van der Waals surface area contributed by atoms with Gasteiger partial charge in [-0.2, -0.15) is 0 Å². The van der Waals surface area contributed by atoms with Crippen LogP contribution in [0.3, 0.4) is 0 Å². The van der Waals surface area contributed by atoms with Crippen molar-refractivity contribution in [3.8, 4) is 0 Å². The topological polar surface area (TPSA) is 57.4 Å². The Kier molecular flexibility index (Phi) is 5.29. The van der Waals surface area contributed by atoms with Crippen LogP contribution in [-0.2, 0) is 0 Å². The van der Waals surface area contributed by atoms with E-state index in [0.717, 1.165) is 44.8 Å². The minimum atomic E-state index is 0. The Bertz CT molecular complexity index is 1080. The van der Waals surface area contributed by atoms with Gasteiger partial charge in [0.15, 0.2) is 0 Å². The summed E-state index contributed by atoms with van der Waals surface area (Å²) in [5.74, 6) is 0. The molecule has 8 bridgehead atoms. The number of hydrogen-bond donors (Lipinski definition) is 2. The number of aromatic nitrogens is 4. The van der Waals surface area contributed by atoms with Gasteiger partial charge in [-0.1, -0.05) is 0 Å². The van der Waals surface area contributed by atoms with Gasteiger partial charge in [-0.25, -0.2) is 9.97 Å². The van der Waals surface area contributed by atoms with Crippen LogP contribution < -0.4 is 0 Å². The Morgan fingerprint density at radius 3 is 1.27 bits per heavy atom. The van der Waals surface area contributed by atoms with Crippen molar-refractivity contribution in [2.75, 3.05) is 0 Å². The van der Waals surface area contributed by atoms with E-state index < -0.39 is 0 Å². The Hall–Kier alpha value is -2.38. The quantitative estimate of drug-likeness (QED) is 0.347. The van der Waals surface area contributed by atoms with Gasteiger partial charge < -0.3 is 9.97 Å². The summed E-state index contributed by atoms with van der Waals surface area (Å²) in [4.78, 5) is 16.0. The minimum Gasteiger partial charge on any atom is -0.355 e. The zero-order valence-electron chi connectivity index (χ0n) is 13.8. The molecule has 5 rings (SSSR count). The summed E-state index contributed by atoms with van der Waals surface area (Å²) >= 11 is 0. The van der Waals surface area contributed by atoms with Crippen molar-refractivity contribution in [3.05, 3.63) is 71.3 Å². The first-order valence-corrected chi connectivity index (χ1v) is 7.85. The molecule has 2 N–H and O–H groups in total. The summed E-state index contributed by atoms with van der Waals surface area (Å²) < 4.78 is 0. The second kappa shape index (κ2) is 7.47. The molecule has 8 radical (unpaired) electrons. The summed E-state index contributed by atoms with van der Waals surface area (Å²) in [6.07, 6.45) is 8.05. The number of nitrogens with one attached hydrogen (secondary N) is 2. The third kappa shape index (κ3) is 3.73. The number of rotatable bonds is 0. The van der Waals surface area contributed by atoms with E-state index in [1.807, 2.05) is 42.5 Å². The molecule has 5 heterocycles. The average Bonchev–Trinajstić information content (AvgIpc) is 3.32. The molecule has 2 aliphatic rings. The smallest absolute Gasteiger partial charge is 0.0659 e. The van der Waals surface area contributed by atoms with Crippen molar-refractivity contribution in [3.63, 3.8) is 0 Å². The number of aromatic amines is 2. The monoisotopic (exact) mass is 458 g/mol. The molecule has 0 amide bonds. The van der Waals surface area contributed by atoms with Gasteiger partial charge in [-0.05, 0) is 72.8 Å². The molecule has 2 aliphatic heterocycles. The SMILES string of the molecule is C1=Cc2cc3ccc(cc4ccc(cc5nc(cc1n2)C=C5)[nH]4)[nH]3.[Si].[Sn]. The molecular weight excluding hydrogens is 443 g/mol. The zero-order valence-corrected chi connectivity index (χ0v) is 17.7. The molecule has 0 aliphatic carbocycles. The number of fused-ring (bicyclic) bond motifs is 8. The van der Waals surface area contributed by atoms with Crippen LogP contribution in [0.25, 0.3) is 46.4 Å². The van der Waals surface area contributed by atoms with Crippen LogP contribution in [0.2, 0.25) is 0 Å². The standard InChI is InChI=1S/C20H14N4.Si.Sn/c1-2-14-10-16-5-6-18(23-16)12-20-8-7-19(24-20)11-17-4-3-15(22-17)9-13(1)21-14;;/h1-12,21-22H;;. The molecule has 0 fully saturated rings. The molecule has 3 aromatic heterocycles. The Morgan fingerprint density at radius 1 is 0.500 bits per heavy atom. The van der Waals surface area contributed by atoms with E-state index in [1.54, 1.807) is 0 Å². The van der Waals surface area contributed by atoms with E-state index in [-0.39, 0.29) is 34.9 Å². The summed E-state index contributed by atoms with van der Waals surface area (Å²) in [5.41, 5.74) is 7.86. The van der Waals surface area contributed by atoms with Crippen molar-refractivity contribution >= 4 is 81.2 Å². The van der Waals surface area contributed by atoms with Gasteiger partial charge >= 0.3 is 0 Å². The van der Waals surface area contributed by atoms with Gasteiger partial charge in [0.1, 0.15) is 0 Å². The molecule has 0 aromatic carbocycles. The van der Waals surface area contributed by atoms with E-state index in [2.05, 4.69) is 50.3 Å². The normalized spacial score (nSPS) is 11.7. The van der Waals surface area contributed by atoms with Crippen LogP contribution in [0.4, 0.5) is 0 Å². The molecule has 0 unspecified atom stereocenters. The van der Waals surface area contributed by atoms with Crippen molar-refractivity contribution in [1.29, 1.82) is 0 Å². The largest absolute Gasteiger partial charge is 0.355 e. The van der Waals surface area contributed by atoms with Gasteiger partial charge in [-0.3, -0.25) is 0 Å². The maximum absolute atomic E-state index is 4.62. The fraction of sp³-hybridized carbons (Fsp3) is 0. The van der Waals surface area contributed by atoms with Crippen LogP contribution in [0.5, 0.6) is 0 Å². The summed E-state index contributed by atoms with van der Waals surface area (Å²) in [5, 5.41) is 0. The van der Waals surface area contributed by atoms with Gasteiger partial charge in [0, 0.05) is 56.9 Å². The second-order valence-electron chi connectivity index (χ2n) is 5.91. The average molecular weight is 457 g/mol. The van der Waals surface area contributed by atoms with E-state index in [1.165, 1.54) is 0 Å². The zero-order chi connectivity index (χ0) is 15.9. The molecule has 0 saturated heterocycles. The summed E-state index contributed by atoms with van der Waals surface area (Å²) in [6.45, 7) is 0. The Morgan fingerprint density at radius 2 is 0.846 bits per heavy atom. The fourth-order valence-corrected chi connectivity index (χ4v) is 2.94. The first-order valence-electron chi connectivity index (χ1n) is 7.85. The molecular formula is C20H14N4SiSn. The van der Waals surface area contributed by atoms with Gasteiger partial charge in [-0.15, -0.1) is 0 Å². The number of H-pyrrole nitrogens is 2. The Labute approximate surface area is 172 Å². The summed E-state index contributed by atoms with van der Waals surface area (Å²) in [7, 11) is 0. The molecule has 26 heavy (non-hydrogen) atoms. The van der Waals surface area contributed by atoms with Crippen LogP contribution in [0.1, 0.15) is 22.8 Å². The fourth-order valence-electron chi connectivity index (χ4n) is 2.94. The first kappa shape index (κ1) is 18.4. The molecule has 4 nitrogen and oxygen atoms in total. The predicted octanol–water partition coefficient (Wildman–Crippen LogP) is 3.89. The van der Waals surface area contributed by atoms with Gasteiger partial charge in [0.2, 0.25) is 0 Å². The van der Waals surface area contributed by atoms with E-state index >= 15 is 0 Å². The molecule has 122 valence electrons. The number of nitrogens with zero attached hydrogens (tertiary/aromatic N) is 2. The van der Waals surface area contributed by atoms with Crippen LogP contribution in [0.15, 0.2) is 48.5 Å². The van der Waals surface area contributed by atoms with E-state index in [0.29, 0.717) is 0 Å². The Balaban J connectivity index is 0.000000980. The van der Waals surface area contributed by atoms with Crippen LogP contribution >= 0.6 is 0 Å². The molecule has 6 heteroatoms. The molecule has 0 saturated carbocycles. The van der Waals surface area contributed by atoms with Crippen molar-refractivity contribution in [2.24, 2.45) is 0 Å². The molecule has 0 spiro atoms. The van der Waals surface area contributed by atoms with Crippen molar-refractivity contribution in [1.82, 2.24) is 19.9 Å². The summed E-state index contributed by atoms with van der Waals surface area (Å²) in [6, 6.07) is 16.4. The van der Waals surface area contributed by atoms with Gasteiger partial charge in [0.05, 0.1) is 22.8 Å². The van der Waals surface area contributed by atoms with Gasteiger partial charge in [0.25, 0.3) is 0 Å². The maximum Gasteiger partial charge on any atom is 0.0659 e. The minimum absolute atomic E-state index is 0. The molecule has 3 aromatic rings. The van der Waals surface area contributed by atoms with Crippen LogP contribution in [-0.4, -0.2) is 54.8 Å². The molecule has 0 atom stereocenters. The van der Waals surface area contributed by atoms with Crippen molar-refractivity contribution in [2.45, 2.75) is 0 Å². The van der Waals surface area contributed by atoms with Crippen LogP contribution in [0, 0.1) is 0 Å². The number of hydrogen-bond acceptors (Lipinski definition) is 2. The van der Waals surface area contributed by atoms with E-state index in [9.17, 15) is 0 Å². The first-order chi connectivity index (χ1) is 11.8. The third-order valence-electron chi connectivity index (χ3n) is 4.04.